The summed E-state index contributed by atoms with van der Waals surface area (Å²) in [5.41, 5.74) is -0.701. The highest BCUT2D eigenvalue weighted by molar-refractivity contribution is 6.69. The topological polar surface area (TPSA) is 27.7 Å². The van der Waals surface area contributed by atoms with Crippen LogP contribution in [0.3, 0.4) is 0 Å². The van der Waals surface area contributed by atoms with Crippen LogP contribution in [0.25, 0.3) is 0 Å². The minimum absolute atomic E-state index is 0.136. The van der Waals surface area contributed by atoms with E-state index in [1.165, 1.54) is 0 Å². The summed E-state index contributed by atoms with van der Waals surface area (Å²) < 4.78 is 18.5. The Bertz CT molecular complexity index is 456. The van der Waals surface area contributed by atoms with Crippen LogP contribution in [0.15, 0.2) is 12.7 Å². The quantitative estimate of drug-likeness (QED) is 0.443. The highest BCUT2D eigenvalue weighted by Gasteiger charge is 2.54. The molecule has 1 saturated carbocycles. The van der Waals surface area contributed by atoms with Gasteiger partial charge in [0.15, 0.2) is 14.1 Å². The summed E-state index contributed by atoms with van der Waals surface area (Å²) in [5, 5.41) is 0. The number of hydrogen-bond donors (Lipinski definition) is 0. The molecule has 124 valence electrons. The molecule has 1 aliphatic heterocycles. The number of hydrogen-bond acceptors (Lipinski definition) is 3. The molecule has 0 amide bonds. The third-order valence-corrected chi connectivity index (χ3v) is 5.97. The van der Waals surface area contributed by atoms with E-state index in [1.807, 2.05) is 6.08 Å². The van der Waals surface area contributed by atoms with Gasteiger partial charge in [-0.15, -0.1) is 13.0 Å². The molecule has 0 N–H and O–H groups in total. The second kappa shape index (κ2) is 6.12. The van der Waals surface area contributed by atoms with Crippen LogP contribution in [0.4, 0.5) is 0 Å². The second-order valence-electron chi connectivity index (χ2n) is 7.85. The third-order valence-electron chi connectivity index (χ3n) is 5.01. The van der Waals surface area contributed by atoms with Crippen molar-refractivity contribution in [1.29, 1.82) is 0 Å². The molecule has 0 radical (unpaired) electrons. The lowest BCUT2D eigenvalue weighted by atomic mass is 9.68. The zero-order valence-corrected chi connectivity index (χ0v) is 15.5. The first-order valence-corrected chi connectivity index (χ1v) is 11.7. The molecule has 2 atom stereocenters. The van der Waals surface area contributed by atoms with Gasteiger partial charge in [-0.3, -0.25) is 0 Å². The van der Waals surface area contributed by atoms with Gasteiger partial charge < -0.3 is 13.9 Å². The summed E-state index contributed by atoms with van der Waals surface area (Å²) in [4.78, 5) is 0. The normalized spacial score (nSPS) is 35.0. The number of ether oxygens (including phenoxy) is 2. The van der Waals surface area contributed by atoms with E-state index in [-0.39, 0.29) is 5.41 Å². The summed E-state index contributed by atoms with van der Waals surface area (Å²) in [7, 11) is -1.79. The zero-order valence-electron chi connectivity index (χ0n) is 14.5. The van der Waals surface area contributed by atoms with Gasteiger partial charge in [0.05, 0.1) is 13.2 Å². The minimum Gasteiger partial charge on any atom is -0.401 e. The molecule has 2 fully saturated rings. The minimum atomic E-state index is -1.79. The lowest BCUT2D eigenvalue weighted by Gasteiger charge is -2.47. The molecule has 2 rings (SSSR count). The van der Waals surface area contributed by atoms with E-state index in [0.29, 0.717) is 13.2 Å². The van der Waals surface area contributed by atoms with Crippen molar-refractivity contribution in [3.8, 4) is 12.3 Å². The SMILES string of the molecule is C#CC1(O[Si](C)(C)C)CCC2(CCC1(C)CC=C)OCCO2. The van der Waals surface area contributed by atoms with E-state index in [2.05, 4.69) is 39.1 Å². The highest BCUT2D eigenvalue weighted by atomic mass is 28.4. The van der Waals surface area contributed by atoms with Crippen molar-refractivity contribution in [2.24, 2.45) is 5.41 Å². The molecule has 1 aliphatic carbocycles. The Hall–Kier alpha value is -0.603. The third kappa shape index (κ3) is 3.33. The number of rotatable bonds is 4. The van der Waals surface area contributed by atoms with Gasteiger partial charge in [-0.2, -0.15) is 0 Å². The van der Waals surface area contributed by atoms with Gasteiger partial charge in [0.25, 0.3) is 0 Å². The fourth-order valence-corrected chi connectivity index (χ4v) is 5.26. The van der Waals surface area contributed by atoms with Crippen molar-refractivity contribution >= 4 is 8.32 Å². The summed E-state index contributed by atoms with van der Waals surface area (Å²) >= 11 is 0. The molecule has 1 saturated heterocycles. The smallest absolute Gasteiger partial charge is 0.185 e. The van der Waals surface area contributed by atoms with Gasteiger partial charge in [0.1, 0.15) is 5.60 Å². The monoisotopic (exact) mass is 322 g/mol. The molecule has 1 heterocycles. The van der Waals surface area contributed by atoms with Gasteiger partial charge in [0.2, 0.25) is 0 Å². The van der Waals surface area contributed by atoms with Crippen LogP contribution in [0.5, 0.6) is 0 Å². The van der Waals surface area contributed by atoms with E-state index >= 15 is 0 Å². The fraction of sp³-hybridized carbons (Fsp3) is 0.778. The first kappa shape index (κ1) is 17.7. The molecule has 22 heavy (non-hydrogen) atoms. The molecule has 3 nitrogen and oxygen atoms in total. The molecular weight excluding hydrogens is 292 g/mol. The van der Waals surface area contributed by atoms with Crippen LogP contribution < -0.4 is 0 Å². The van der Waals surface area contributed by atoms with Gasteiger partial charge in [-0.25, -0.2) is 0 Å². The maximum atomic E-state index is 6.61. The molecule has 2 aliphatic rings. The largest absolute Gasteiger partial charge is 0.401 e. The maximum absolute atomic E-state index is 6.61. The van der Waals surface area contributed by atoms with Crippen molar-refractivity contribution in [2.45, 2.75) is 70.1 Å². The Kier molecular flexibility index (Phi) is 4.94. The molecule has 0 aromatic rings. The average Bonchev–Trinajstić information content (AvgIpc) is 2.85. The average molecular weight is 323 g/mol. The molecule has 1 spiro atoms. The van der Waals surface area contributed by atoms with Crippen molar-refractivity contribution in [3.05, 3.63) is 12.7 Å². The second-order valence-corrected chi connectivity index (χ2v) is 12.3. The van der Waals surface area contributed by atoms with Crippen molar-refractivity contribution in [2.75, 3.05) is 13.2 Å². The van der Waals surface area contributed by atoms with Gasteiger partial charge in [-0.1, -0.05) is 18.9 Å². The number of terminal acetylenes is 1. The number of allylic oxidation sites excluding steroid dienone is 1. The van der Waals surface area contributed by atoms with Crippen LogP contribution in [-0.2, 0) is 13.9 Å². The summed E-state index contributed by atoms with van der Waals surface area (Å²) in [6, 6.07) is 0. The van der Waals surface area contributed by atoms with Gasteiger partial charge in [0, 0.05) is 18.3 Å². The molecule has 0 bridgehead atoms. The van der Waals surface area contributed by atoms with E-state index in [9.17, 15) is 0 Å². The lowest BCUT2D eigenvalue weighted by molar-refractivity contribution is -0.166. The molecule has 2 unspecified atom stereocenters. The van der Waals surface area contributed by atoms with E-state index in [4.69, 9.17) is 20.3 Å². The molecule has 0 aromatic heterocycles. The zero-order chi connectivity index (χ0) is 16.5. The summed E-state index contributed by atoms with van der Waals surface area (Å²) in [6.07, 6.45) is 12.2. The maximum Gasteiger partial charge on any atom is 0.185 e. The predicted octanol–water partition coefficient (Wildman–Crippen LogP) is 4.11. The first-order valence-electron chi connectivity index (χ1n) is 8.27. The van der Waals surface area contributed by atoms with E-state index in [0.717, 1.165) is 32.1 Å². The predicted molar refractivity (Wildman–Crippen MR) is 92.0 cm³/mol. The fourth-order valence-electron chi connectivity index (χ4n) is 3.81. The molecule has 4 heteroatoms. The standard InChI is InChI=1S/C18H30O3Si/c1-7-9-16(3)10-12-18(19-14-15-20-18)13-11-17(16,8-2)21-22(4,5)6/h2,7H,1,9-15H2,3-6H3. The Morgan fingerprint density at radius 3 is 2.27 bits per heavy atom. The van der Waals surface area contributed by atoms with Crippen LogP contribution in [0, 0.1) is 17.8 Å². The van der Waals surface area contributed by atoms with Crippen molar-refractivity contribution < 1.29 is 13.9 Å². The Labute approximate surface area is 136 Å². The summed E-state index contributed by atoms with van der Waals surface area (Å²) in [5.74, 6) is 2.59. The van der Waals surface area contributed by atoms with Crippen LogP contribution >= 0.6 is 0 Å². The van der Waals surface area contributed by atoms with E-state index < -0.39 is 19.7 Å². The van der Waals surface area contributed by atoms with Crippen molar-refractivity contribution in [3.63, 3.8) is 0 Å². The highest BCUT2D eigenvalue weighted by Crippen LogP contribution is 2.52. The van der Waals surface area contributed by atoms with Gasteiger partial charge in [-0.05, 0) is 38.9 Å². The van der Waals surface area contributed by atoms with Crippen LogP contribution in [0.2, 0.25) is 19.6 Å². The molecule has 0 aromatic carbocycles. The van der Waals surface area contributed by atoms with Crippen LogP contribution in [0.1, 0.15) is 39.0 Å². The first-order chi connectivity index (χ1) is 10.2. The summed E-state index contributed by atoms with van der Waals surface area (Å²) in [6.45, 7) is 14.1. The Balaban J connectivity index is 2.37. The lowest BCUT2D eigenvalue weighted by Crippen LogP contribution is -2.52. The van der Waals surface area contributed by atoms with Gasteiger partial charge >= 0.3 is 0 Å². The van der Waals surface area contributed by atoms with Crippen molar-refractivity contribution in [1.82, 2.24) is 0 Å². The Morgan fingerprint density at radius 1 is 1.18 bits per heavy atom. The van der Waals surface area contributed by atoms with E-state index in [1.54, 1.807) is 0 Å². The van der Waals surface area contributed by atoms with Crippen LogP contribution in [-0.4, -0.2) is 32.9 Å². The molecular formula is C18H30O3Si. The Morgan fingerprint density at radius 2 is 1.77 bits per heavy atom.